The summed E-state index contributed by atoms with van der Waals surface area (Å²) in [6.45, 7) is 0.693. The van der Waals surface area contributed by atoms with Crippen molar-refractivity contribution < 1.29 is 4.74 Å². The summed E-state index contributed by atoms with van der Waals surface area (Å²) in [6, 6.07) is 8.77. The van der Waals surface area contributed by atoms with Crippen LogP contribution in [0.4, 0.5) is 0 Å². The van der Waals surface area contributed by atoms with Crippen LogP contribution in [0.3, 0.4) is 0 Å². The fourth-order valence-corrected chi connectivity index (χ4v) is 4.13. The monoisotopic (exact) mass is 272 g/mol. The summed E-state index contributed by atoms with van der Waals surface area (Å²) in [6.07, 6.45) is 14.5. The first-order valence-electron chi connectivity index (χ1n) is 7.65. The fraction of sp³-hybridized carbons (Fsp3) is 0.200. The highest BCUT2D eigenvalue weighted by Crippen LogP contribution is 2.50. The van der Waals surface area contributed by atoms with Crippen LogP contribution in [0.2, 0.25) is 0 Å². The van der Waals surface area contributed by atoms with Crippen molar-refractivity contribution in [2.24, 2.45) is 5.92 Å². The number of ether oxygens (including phenoxy) is 1. The average Bonchev–Trinajstić information content (AvgIpc) is 2.95. The Morgan fingerprint density at radius 1 is 1.00 bits per heavy atom. The van der Waals surface area contributed by atoms with Crippen molar-refractivity contribution >= 4 is 16.8 Å². The van der Waals surface area contributed by atoms with E-state index < -0.39 is 0 Å². The van der Waals surface area contributed by atoms with E-state index in [0.29, 0.717) is 18.4 Å². The molecule has 2 unspecified atom stereocenters. The standard InChI is InChI=1S/C20H16O/c1-2-7-14-13(6-1)12-18-19(14)16-9-4-3-8-15(16)17-10-5-11-21-20(17)18/h1-10,13-14H,11-12H2. The zero-order valence-corrected chi connectivity index (χ0v) is 11.8. The number of rotatable bonds is 0. The first kappa shape index (κ1) is 11.4. The number of fused-ring (bicyclic) bond motifs is 8. The molecule has 0 spiro atoms. The summed E-state index contributed by atoms with van der Waals surface area (Å²) in [7, 11) is 0. The van der Waals surface area contributed by atoms with Gasteiger partial charge in [0.05, 0.1) is 0 Å². The van der Waals surface area contributed by atoms with Crippen molar-refractivity contribution in [2.75, 3.05) is 6.61 Å². The summed E-state index contributed by atoms with van der Waals surface area (Å²) < 4.78 is 6.05. The Balaban J connectivity index is 1.91. The van der Waals surface area contributed by atoms with Crippen LogP contribution in [-0.2, 0) is 6.42 Å². The minimum Gasteiger partial charge on any atom is -0.489 e. The normalized spacial score (nSPS) is 24.6. The summed E-state index contributed by atoms with van der Waals surface area (Å²) >= 11 is 0. The molecule has 2 aromatic carbocycles. The molecule has 102 valence electrons. The molecule has 0 bridgehead atoms. The molecule has 2 atom stereocenters. The molecule has 0 saturated heterocycles. The van der Waals surface area contributed by atoms with Crippen LogP contribution in [0.1, 0.15) is 22.6 Å². The lowest BCUT2D eigenvalue weighted by atomic mass is 9.86. The van der Waals surface area contributed by atoms with Crippen LogP contribution in [-0.4, -0.2) is 6.61 Å². The molecule has 5 rings (SSSR count). The summed E-state index contributed by atoms with van der Waals surface area (Å²) in [5.74, 6) is 2.23. The van der Waals surface area contributed by atoms with Gasteiger partial charge < -0.3 is 4.74 Å². The maximum atomic E-state index is 6.05. The zero-order valence-electron chi connectivity index (χ0n) is 11.8. The number of hydrogen-bond acceptors (Lipinski definition) is 1. The van der Waals surface area contributed by atoms with Crippen LogP contribution in [0.5, 0.6) is 5.75 Å². The van der Waals surface area contributed by atoms with Crippen molar-refractivity contribution in [1.82, 2.24) is 0 Å². The van der Waals surface area contributed by atoms with Crippen molar-refractivity contribution in [2.45, 2.75) is 12.3 Å². The SMILES string of the molecule is C1=CC2Cc3c4c(c5ccccc5c3C2C=C1)C=CCO4. The Hall–Kier alpha value is -2.28. The Labute approximate surface area is 124 Å². The molecule has 1 heterocycles. The van der Waals surface area contributed by atoms with Crippen LogP contribution in [0.25, 0.3) is 16.8 Å². The van der Waals surface area contributed by atoms with Gasteiger partial charge in [-0.3, -0.25) is 0 Å². The molecule has 0 N–H and O–H groups in total. The van der Waals surface area contributed by atoms with Crippen LogP contribution < -0.4 is 4.74 Å². The van der Waals surface area contributed by atoms with E-state index in [9.17, 15) is 0 Å². The third kappa shape index (κ3) is 1.46. The van der Waals surface area contributed by atoms with Gasteiger partial charge >= 0.3 is 0 Å². The molecular formula is C20H16O. The van der Waals surface area contributed by atoms with Gasteiger partial charge in [-0.05, 0) is 40.3 Å². The largest absolute Gasteiger partial charge is 0.489 e. The number of hydrogen-bond donors (Lipinski definition) is 0. The lowest BCUT2D eigenvalue weighted by Gasteiger charge is -2.21. The van der Waals surface area contributed by atoms with E-state index in [2.05, 4.69) is 60.7 Å². The zero-order chi connectivity index (χ0) is 13.8. The Bertz CT molecular complexity index is 839. The molecule has 3 aliphatic rings. The highest BCUT2D eigenvalue weighted by atomic mass is 16.5. The first-order valence-corrected chi connectivity index (χ1v) is 7.65. The van der Waals surface area contributed by atoms with Gasteiger partial charge in [0, 0.05) is 11.5 Å². The topological polar surface area (TPSA) is 9.23 Å². The van der Waals surface area contributed by atoms with Crippen LogP contribution in [0, 0.1) is 5.92 Å². The van der Waals surface area contributed by atoms with Gasteiger partial charge in [-0.15, -0.1) is 0 Å². The van der Waals surface area contributed by atoms with Gasteiger partial charge in [-0.25, -0.2) is 0 Å². The molecule has 1 heteroatoms. The van der Waals surface area contributed by atoms with Gasteiger partial charge in [-0.1, -0.05) is 54.6 Å². The van der Waals surface area contributed by atoms with E-state index in [1.165, 1.54) is 27.5 Å². The molecule has 2 aromatic rings. The third-order valence-electron chi connectivity index (χ3n) is 4.98. The van der Waals surface area contributed by atoms with Gasteiger partial charge in [0.25, 0.3) is 0 Å². The van der Waals surface area contributed by atoms with E-state index in [0.717, 1.165) is 12.2 Å². The maximum Gasteiger partial charge on any atom is 0.131 e. The fourth-order valence-electron chi connectivity index (χ4n) is 4.13. The predicted molar refractivity (Wildman–Crippen MR) is 86.7 cm³/mol. The molecular weight excluding hydrogens is 256 g/mol. The molecule has 0 radical (unpaired) electrons. The molecule has 0 aromatic heterocycles. The van der Waals surface area contributed by atoms with Gasteiger partial charge in [0.2, 0.25) is 0 Å². The lowest BCUT2D eigenvalue weighted by Crippen LogP contribution is -2.05. The van der Waals surface area contributed by atoms with Crippen molar-refractivity contribution in [1.29, 1.82) is 0 Å². The maximum absolute atomic E-state index is 6.05. The molecule has 1 nitrogen and oxygen atoms in total. The van der Waals surface area contributed by atoms with E-state index in [-0.39, 0.29) is 0 Å². The molecule has 1 aliphatic heterocycles. The molecule has 0 amide bonds. The second kappa shape index (κ2) is 4.11. The summed E-state index contributed by atoms with van der Waals surface area (Å²) in [5.41, 5.74) is 4.19. The summed E-state index contributed by atoms with van der Waals surface area (Å²) in [5, 5.41) is 2.72. The second-order valence-corrected chi connectivity index (χ2v) is 6.06. The van der Waals surface area contributed by atoms with Gasteiger partial charge in [0.1, 0.15) is 12.4 Å². The van der Waals surface area contributed by atoms with E-state index in [1.54, 1.807) is 0 Å². The molecule has 21 heavy (non-hydrogen) atoms. The molecule has 0 fully saturated rings. The van der Waals surface area contributed by atoms with Crippen LogP contribution in [0.15, 0.2) is 54.6 Å². The van der Waals surface area contributed by atoms with Crippen molar-refractivity contribution in [3.8, 4) is 5.75 Å². The third-order valence-corrected chi connectivity index (χ3v) is 4.98. The van der Waals surface area contributed by atoms with Gasteiger partial charge in [0.15, 0.2) is 0 Å². The minimum absolute atomic E-state index is 0.509. The van der Waals surface area contributed by atoms with E-state index >= 15 is 0 Å². The van der Waals surface area contributed by atoms with Crippen molar-refractivity contribution in [3.63, 3.8) is 0 Å². The number of benzene rings is 2. The first-order chi connectivity index (χ1) is 10.4. The average molecular weight is 272 g/mol. The quantitative estimate of drug-likeness (QED) is 0.679. The Morgan fingerprint density at radius 2 is 1.86 bits per heavy atom. The van der Waals surface area contributed by atoms with Gasteiger partial charge in [-0.2, -0.15) is 0 Å². The second-order valence-electron chi connectivity index (χ2n) is 6.06. The Morgan fingerprint density at radius 3 is 2.81 bits per heavy atom. The minimum atomic E-state index is 0.509. The Kier molecular flexibility index (Phi) is 2.23. The molecule has 2 aliphatic carbocycles. The molecule has 0 saturated carbocycles. The van der Waals surface area contributed by atoms with Crippen molar-refractivity contribution in [3.05, 3.63) is 71.3 Å². The summed E-state index contributed by atoms with van der Waals surface area (Å²) in [4.78, 5) is 0. The van der Waals surface area contributed by atoms with E-state index in [1.807, 2.05) is 0 Å². The van der Waals surface area contributed by atoms with Crippen LogP contribution >= 0.6 is 0 Å². The highest BCUT2D eigenvalue weighted by Gasteiger charge is 2.35. The van der Waals surface area contributed by atoms with E-state index in [4.69, 9.17) is 4.74 Å². The lowest BCUT2D eigenvalue weighted by molar-refractivity contribution is 0.355. The number of allylic oxidation sites excluding steroid dienone is 4. The highest BCUT2D eigenvalue weighted by molar-refractivity contribution is 5.98. The smallest absolute Gasteiger partial charge is 0.131 e. The predicted octanol–water partition coefficient (Wildman–Crippen LogP) is 4.63.